The van der Waals surface area contributed by atoms with Crippen molar-refractivity contribution < 1.29 is 10.4 Å². The molecular weight excluding hydrogens is 384 g/mol. The van der Waals surface area contributed by atoms with Gasteiger partial charge in [0.25, 0.3) is 0 Å². The molecule has 0 aliphatic rings. The predicted molar refractivity (Wildman–Crippen MR) is 116 cm³/mol. The summed E-state index contributed by atoms with van der Waals surface area (Å²) in [5.74, 6) is 0. The van der Waals surface area contributed by atoms with E-state index in [9.17, 15) is 20.8 Å². The van der Waals surface area contributed by atoms with E-state index in [0.717, 1.165) is 22.5 Å². The standard InChI is InChI=1S/C22H24N4O4/c27-25(28)15-21(23-19-10-3-1-4-11-19)17-8-7-9-18(14-17)22(16-26(29)30)24-20-12-5-2-6-13-20/h1-14,21-24,27,29H,15-16H2/q-2. The van der Waals surface area contributed by atoms with E-state index < -0.39 is 12.1 Å². The van der Waals surface area contributed by atoms with Crippen LogP contribution in [0.4, 0.5) is 11.4 Å². The summed E-state index contributed by atoms with van der Waals surface area (Å²) < 4.78 is 0. The highest BCUT2D eigenvalue weighted by atomic mass is 16.8. The molecule has 0 fully saturated rings. The Kier molecular flexibility index (Phi) is 7.75. The third kappa shape index (κ3) is 6.53. The molecule has 30 heavy (non-hydrogen) atoms. The molecule has 4 N–H and O–H groups in total. The van der Waals surface area contributed by atoms with Crippen LogP contribution in [0.1, 0.15) is 23.2 Å². The maximum Gasteiger partial charge on any atom is 0.0653 e. The van der Waals surface area contributed by atoms with Gasteiger partial charge in [0, 0.05) is 24.5 Å². The second-order valence-electron chi connectivity index (χ2n) is 6.87. The Morgan fingerprint density at radius 2 is 1.03 bits per heavy atom. The first-order valence-electron chi connectivity index (χ1n) is 9.51. The van der Waals surface area contributed by atoms with Gasteiger partial charge in [-0.3, -0.25) is 10.5 Å². The van der Waals surface area contributed by atoms with Crippen molar-refractivity contribution in [3.63, 3.8) is 0 Å². The molecule has 3 aromatic rings. The van der Waals surface area contributed by atoms with Gasteiger partial charge in [-0.15, -0.1) is 0 Å². The number of nitrogens with one attached hydrogen (secondary N) is 2. The number of nitrogens with zero attached hydrogens (tertiary/aromatic N) is 2. The van der Waals surface area contributed by atoms with Gasteiger partial charge in [-0.25, -0.2) is 0 Å². The average molecular weight is 408 g/mol. The Labute approximate surface area is 175 Å². The molecule has 0 heterocycles. The molecule has 3 aromatic carbocycles. The molecule has 0 saturated heterocycles. The van der Waals surface area contributed by atoms with Gasteiger partial charge >= 0.3 is 0 Å². The number of hydrogen-bond donors (Lipinski definition) is 4. The van der Waals surface area contributed by atoms with Gasteiger partial charge in [0.15, 0.2) is 0 Å². The first-order chi connectivity index (χ1) is 14.5. The van der Waals surface area contributed by atoms with Gasteiger partial charge in [0.1, 0.15) is 0 Å². The highest BCUT2D eigenvalue weighted by molar-refractivity contribution is 5.48. The van der Waals surface area contributed by atoms with Crippen molar-refractivity contribution in [2.45, 2.75) is 12.1 Å². The van der Waals surface area contributed by atoms with Gasteiger partial charge in [-0.2, -0.15) is 0 Å². The topological polar surface area (TPSA) is 117 Å². The number of anilines is 2. The molecule has 8 heteroatoms. The molecular formula is C22H24N4O4-2. The van der Waals surface area contributed by atoms with E-state index in [1.165, 1.54) is 0 Å². The van der Waals surface area contributed by atoms with Crippen molar-refractivity contribution in [3.8, 4) is 0 Å². The fourth-order valence-electron chi connectivity index (χ4n) is 3.24. The first kappa shape index (κ1) is 21.7. The Balaban J connectivity index is 1.87. The van der Waals surface area contributed by atoms with Crippen LogP contribution in [0, 0.1) is 10.4 Å². The zero-order chi connectivity index (χ0) is 21.3. The Bertz CT molecular complexity index is 823. The second-order valence-corrected chi connectivity index (χ2v) is 6.87. The second kappa shape index (κ2) is 10.7. The molecule has 3 rings (SSSR count). The van der Waals surface area contributed by atoms with Crippen molar-refractivity contribution in [3.05, 3.63) is 106 Å². The van der Waals surface area contributed by atoms with E-state index in [1.54, 1.807) is 0 Å². The summed E-state index contributed by atoms with van der Waals surface area (Å²) in [6.07, 6.45) is 0. The van der Waals surface area contributed by atoms with Crippen LogP contribution >= 0.6 is 0 Å². The molecule has 2 atom stereocenters. The van der Waals surface area contributed by atoms with Gasteiger partial charge in [-0.1, -0.05) is 60.7 Å². The van der Waals surface area contributed by atoms with Crippen LogP contribution in [0.2, 0.25) is 0 Å². The van der Waals surface area contributed by atoms with Crippen molar-refractivity contribution in [1.82, 2.24) is 10.5 Å². The smallest absolute Gasteiger partial charge is 0.0653 e. The largest absolute Gasteiger partial charge is 0.762 e. The average Bonchev–Trinajstić information content (AvgIpc) is 2.74. The van der Waals surface area contributed by atoms with Crippen molar-refractivity contribution >= 4 is 11.4 Å². The normalized spacial score (nSPS) is 13.3. The van der Waals surface area contributed by atoms with Crippen LogP contribution in [-0.2, 0) is 0 Å². The van der Waals surface area contributed by atoms with Crippen molar-refractivity contribution in [1.29, 1.82) is 0 Å². The zero-order valence-electron chi connectivity index (χ0n) is 16.3. The number of hydrogen-bond acceptors (Lipinski definition) is 8. The summed E-state index contributed by atoms with van der Waals surface area (Å²) in [5.41, 5.74) is 3.10. The van der Waals surface area contributed by atoms with Crippen molar-refractivity contribution in [2.24, 2.45) is 0 Å². The summed E-state index contributed by atoms with van der Waals surface area (Å²) in [4.78, 5) is 0. The van der Waals surface area contributed by atoms with E-state index in [4.69, 9.17) is 0 Å². The number of benzene rings is 3. The maximum atomic E-state index is 11.4. The molecule has 0 aliphatic carbocycles. The van der Waals surface area contributed by atoms with Crippen LogP contribution in [0.25, 0.3) is 0 Å². The van der Waals surface area contributed by atoms with E-state index in [1.807, 2.05) is 84.9 Å². The van der Waals surface area contributed by atoms with Crippen molar-refractivity contribution in [2.75, 3.05) is 23.7 Å². The Morgan fingerprint density at radius 3 is 1.40 bits per heavy atom. The minimum Gasteiger partial charge on any atom is -0.762 e. The van der Waals surface area contributed by atoms with Gasteiger partial charge in [0.2, 0.25) is 0 Å². The zero-order valence-corrected chi connectivity index (χ0v) is 16.3. The fourth-order valence-corrected chi connectivity index (χ4v) is 3.24. The monoisotopic (exact) mass is 408 g/mol. The van der Waals surface area contributed by atoms with E-state index in [2.05, 4.69) is 10.6 Å². The first-order valence-corrected chi connectivity index (χ1v) is 9.51. The highest BCUT2D eigenvalue weighted by Crippen LogP contribution is 2.26. The summed E-state index contributed by atoms with van der Waals surface area (Å²) in [6.45, 7) is -0.383. The molecule has 0 radical (unpaired) electrons. The van der Waals surface area contributed by atoms with Crippen LogP contribution in [0.5, 0.6) is 0 Å². The van der Waals surface area contributed by atoms with Crippen LogP contribution < -0.4 is 10.6 Å². The summed E-state index contributed by atoms with van der Waals surface area (Å²) in [6, 6.07) is 25.0. The lowest BCUT2D eigenvalue weighted by atomic mass is 9.99. The lowest BCUT2D eigenvalue weighted by Crippen LogP contribution is -2.27. The lowest BCUT2D eigenvalue weighted by molar-refractivity contribution is -0.0436. The molecule has 158 valence electrons. The number of para-hydroxylation sites is 2. The molecule has 8 nitrogen and oxygen atoms in total. The van der Waals surface area contributed by atoms with Crippen LogP contribution in [0.3, 0.4) is 0 Å². The van der Waals surface area contributed by atoms with Gasteiger partial charge in [0.05, 0.1) is 12.1 Å². The van der Waals surface area contributed by atoms with Gasteiger partial charge < -0.3 is 31.5 Å². The van der Waals surface area contributed by atoms with E-state index >= 15 is 0 Å². The quantitative estimate of drug-likeness (QED) is 0.365. The molecule has 0 bridgehead atoms. The SMILES string of the molecule is [O-]N(O)CC(Nc1ccccc1)c1cccc(C(CN([O-])O)Nc2ccccc2)c1. The minimum absolute atomic E-state index is 0.111. The summed E-state index contributed by atoms with van der Waals surface area (Å²) in [5, 5.41) is 47.6. The summed E-state index contributed by atoms with van der Waals surface area (Å²) >= 11 is 0. The Hall–Kier alpha value is -2.98. The third-order valence-corrected chi connectivity index (χ3v) is 4.62. The van der Waals surface area contributed by atoms with Crippen LogP contribution in [-0.4, -0.2) is 34.0 Å². The molecule has 0 saturated carbocycles. The van der Waals surface area contributed by atoms with E-state index in [0.29, 0.717) is 0 Å². The molecule has 0 aromatic heterocycles. The Morgan fingerprint density at radius 1 is 0.633 bits per heavy atom. The third-order valence-electron chi connectivity index (χ3n) is 4.62. The molecule has 2 unspecified atom stereocenters. The minimum atomic E-state index is -0.496. The predicted octanol–water partition coefficient (Wildman–Crippen LogP) is 4.37. The lowest BCUT2D eigenvalue weighted by Gasteiger charge is -2.30. The van der Waals surface area contributed by atoms with Gasteiger partial charge in [-0.05, 0) is 35.4 Å². The number of hydroxylamine groups is 4. The molecule has 0 spiro atoms. The molecule has 0 aliphatic heterocycles. The maximum absolute atomic E-state index is 11.4. The van der Waals surface area contributed by atoms with Crippen LogP contribution in [0.15, 0.2) is 84.9 Å². The summed E-state index contributed by atoms with van der Waals surface area (Å²) in [7, 11) is 0. The molecule has 0 amide bonds. The highest BCUT2D eigenvalue weighted by Gasteiger charge is 2.17. The fraction of sp³-hybridized carbons (Fsp3) is 0.182. The van der Waals surface area contributed by atoms with E-state index in [-0.39, 0.29) is 23.5 Å². The number of rotatable bonds is 10.